The molecule has 1 N–H and O–H groups in total. The fourth-order valence-electron chi connectivity index (χ4n) is 2.09. The van der Waals surface area contributed by atoms with Crippen LogP contribution in [0.25, 0.3) is 10.8 Å². The highest BCUT2D eigenvalue weighted by Crippen LogP contribution is 2.30. The number of nitrogens with one attached hydrogen (secondary N) is 1. The number of halogens is 1. The van der Waals surface area contributed by atoms with Gasteiger partial charge in [0.05, 0.1) is 9.21 Å². The molecule has 1 amide bonds. The van der Waals surface area contributed by atoms with E-state index in [9.17, 15) is 4.79 Å². The molecule has 0 aliphatic rings. The van der Waals surface area contributed by atoms with Crippen molar-refractivity contribution in [3.05, 3.63) is 51.9 Å². The molecule has 0 fully saturated rings. The number of aromatic nitrogens is 2. The van der Waals surface area contributed by atoms with Gasteiger partial charge in [-0.2, -0.15) is 0 Å². The molecule has 0 aliphatic carbocycles. The number of carbonyl (C=O) groups is 1. The molecule has 3 aromatic rings. The first-order valence-corrected chi connectivity index (χ1v) is 8.53. The number of hydrogen-bond donors (Lipinski definition) is 1. The number of amides is 1. The summed E-state index contributed by atoms with van der Waals surface area (Å²) in [6.45, 7) is 6.37. The van der Waals surface area contributed by atoms with Crippen LogP contribution in [0, 0.1) is 0 Å². The SMILES string of the molecule is CC(C)(C)c1ccc(C(=O)Nc2nnc(-c3ccc(Cl)s3)o2)cc1. The van der Waals surface area contributed by atoms with Crippen molar-refractivity contribution in [2.75, 3.05) is 5.32 Å². The average Bonchev–Trinajstić information content (AvgIpc) is 3.15. The Bertz CT molecular complexity index is 863. The summed E-state index contributed by atoms with van der Waals surface area (Å²) in [6.07, 6.45) is 0. The normalized spacial score (nSPS) is 11.5. The van der Waals surface area contributed by atoms with E-state index in [-0.39, 0.29) is 17.3 Å². The first-order valence-electron chi connectivity index (χ1n) is 7.34. The Labute approximate surface area is 148 Å². The van der Waals surface area contributed by atoms with E-state index in [0.29, 0.717) is 15.8 Å². The van der Waals surface area contributed by atoms with E-state index < -0.39 is 0 Å². The van der Waals surface area contributed by atoms with Gasteiger partial charge in [0.1, 0.15) is 0 Å². The van der Waals surface area contributed by atoms with Gasteiger partial charge in [0.2, 0.25) is 0 Å². The van der Waals surface area contributed by atoms with Crippen molar-refractivity contribution in [2.24, 2.45) is 0 Å². The zero-order valence-electron chi connectivity index (χ0n) is 13.5. The fraction of sp³-hybridized carbons (Fsp3) is 0.235. The molecule has 0 saturated heterocycles. The van der Waals surface area contributed by atoms with Crippen LogP contribution >= 0.6 is 22.9 Å². The second-order valence-corrected chi connectivity index (χ2v) is 8.01. The fourth-order valence-corrected chi connectivity index (χ4v) is 3.06. The Morgan fingerprint density at radius 1 is 1.12 bits per heavy atom. The number of rotatable bonds is 3. The van der Waals surface area contributed by atoms with Gasteiger partial charge >= 0.3 is 6.01 Å². The quantitative estimate of drug-likeness (QED) is 0.712. The van der Waals surface area contributed by atoms with Gasteiger partial charge in [0, 0.05) is 5.56 Å². The van der Waals surface area contributed by atoms with E-state index >= 15 is 0 Å². The lowest BCUT2D eigenvalue weighted by Crippen LogP contribution is -2.14. The van der Waals surface area contributed by atoms with E-state index in [1.807, 2.05) is 12.1 Å². The van der Waals surface area contributed by atoms with Crippen LogP contribution in [0.4, 0.5) is 6.01 Å². The third-order valence-electron chi connectivity index (χ3n) is 3.44. The molecule has 2 heterocycles. The molecule has 124 valence electrons. The molecule has 0 bridgehead atoms. The summed E-state index contributed by atoms with van der Waals surface area (Å²) in [7, 11) is 0. The van der Waals surface area contributed by atoms with E-state index in [4.69, 9.17) is 16.0 Å². The number of hydrogen-bond acceptors (Lipinski definition) is 5. The number of benzene rings is 1. The summed E-state index contributed by atoms with van der Waals surface area (Å²) >= 11 is 7.21. The van der Waals surface area contributed by atoms with Gasteiger partial charge in [0.25, 0.3) is 11.8 Å². The maximum absolute atomic E-state index is 12.3. The van der Waals surface area contributed by atoms with E-state index in [1.165, 1.54) is 11.3 Å². The first kappa shape index (κ1) is 16.7. The highest BCUT2D eigenvalue weighted by Gasteiger charge is 2.16. The van der Waals surface area contributed by atoms with Crippen molar-refractivity contribution in [3.63, 3.8) is 0 Å². The second-order valence-electron chi connectivity index (χ2n) is 6.30. The van der Waals surface area contributed by atoms with Crippen molar-refractivity contribution in [1.29, 1.82) is 0 Å². The van der Waals surface area contributed by atoms with Gasteiger partial charge in [-0.3, -0.25) is 10.1 Å². The number of thiophene rings is 1. The van der Waals surface area contributed by atoms with Crippen LogP contribution in [0.2, 0.25) is 4.34 Å². The smallest absolute Gasteiger partial charge is 0.322 e. The summed E-state index contributed by atoms with van der Waals surface area (Å²) < 4.78 is 6.08. The molecule has 7 heteroatoms. The molecule has 0 radical (unpaired) electrons. The maximum Gasteiger partial charge on any atom is 0.322 e. The minimum absolute atomic E-state index is 0.0401. The van der Waals surface area contributed by atoms with Gasteiger partial charge in [-0.05, 0) is 35.2 Å². The predicted octanol–water partition coefficient (Wildman–Crippen LogP) is 5.00. The number of nitrogens with zero attached hydrogens (tertiary/aromatic N) is 2. The molecular formula is C17H16ClN3O2S. The summed E-state index contributed by atoms with van der Waals surface area (Å²) in [5, 5.41) is 10.4. The summed E-state index contributed by atoms with van der Waals surface area (Å²) in [5.41, 5.74) is 1.73. The zero-order chi connectivity index (χ0) is 17.3. The lowest BCUT2D eigenvalue weighted by atomic mass is 9.87. The first-order chi connectivity index (χ1) is 11.3. The summed E-state index contributed by atoms with van der Waals surface area (Å²) in [6, 6.07) is 11.1. The van der Waals surface area contributed by atoms with Crippen LogP contribution in [0.1, 0.15) is 36.7 Å². The van der Waals surface area contributed by atoms with Crippen molar-refractivity contribution in [2.45, 2.75) is 26.2 Å². The van der Waals surface area contributed by atoms with Crippen LogP contribution < -0.4 is 5.32 Å². The highest BCUT2D eigenvalue weighted by molar-refractivity contribution is 7.19. The molecule has 3 rings (SSSR count). The molecule has 5 nitrogen and oxygen atoms in total. The van der Waals surface area contributed by atoms with Crippen LogP contribution in [0.5, 0.6) is 0 Å². The average molecular weight is 362 g/mol. The standard InChI is InChI=1S/C17H16ClN3O2S/c1-17(2,3)11-6-4-10(5-7-11)14(22)19-16-21-20-15(23-16)12-8-9-13(18)24-12/h4-9H,1-3H3,(H,19,21,22). The molecule has 24 heavy (non-hydrogen) atoms. The summed E-state index contributed by atoms with van der Waals surface area (Å²) in [4.78, 5) is 13.0. The highest BCUT2D eigenvalue weighted by atomic mass is 35.5. The molecular weight excluding hydrogens is 346 g/mol. The lowest BCUT2D eigenvalue weighted by molar-refractivity contribution is 0.102. The van der Waals surface area contributed by atoms with Crippen molar-refractivity contribution < 1.29 is 9.21 Å². The Hall–Kier alpha value is -2.18. The Balaban J connectivity index is 1.72. The zero-order valence-corrected chi connectivity index (χ0v) is 15.0. The van der Waals surface area contributed by atoms with Gasteiger partial charge in [-0.15, -0.1) is 16.4 Å². The van der Waals surface area contributed by atoms with Crippen LogP contribution in [-0.2, 0) is 5.41 Å². The molecule has 2 aromatic heterocycles. The Kier molecular flexibility index (Phi) is 4.43. The number of carbonyl (C=O) groups excluding carboxylic acids is 1. The minimum Gasteiger partial charge on any atom is -0.402 e. The Morgan fingerprint density at radius 3 is 2.42 bits per heavy atom. The maximum atomic E-state index is 12.3. The van der Waals surface area contributed by atoms with Gasteiger partial charge in [-0.25, -0.2) is 0 Å². The van der Waals surface area contributed by atoms with E-state index in [0.717, 1.165) is 10.4 Å². The molecule has 0 aliphatic heterocycles. The minimum atomic E-state index is -0.296. The molecule has 1 aromatic carbocycles. The largest absolute Gasteiger partial charge is 0.402 e. The molecule has 0 spiro atoms. The van der Waals surface area contributed by atoms with Crippen molar-refractivity contribution in [3.8, 4) is 10.8 Å². The number of anilines is 1. The topological polar surface area (TPSA) is 68.0 Å². The van der Waals surface area contributed by atoms with Gasteiger partial charge < -0.3 is 4.42 Å². The van der Waals surface area contributed by atoms with Crippen molar-refractivity contribution in [1.82, 2.24) is 10.2 Å². The lowest BCUT2D eigenvalue weighted by Gasteiger charge is -2.18. The Morgan fingerprint density at radius 2 is 1.83 bits per heavy atom. The van der Waals surface area contributed by atoms with Crippen LogP contribution in [-0.4, -0.2) is 16.1 Å². The molecule has 0 saturated carbocycles. The molecule has 0 atom stereocenters. The monoisotopic (exact) mass is 361 g/mol. The third kappa shape index (κ3) is 3.66. The van der Waals surface area contributed by atoms with Gasteiger partial charge in [-0.1, -0.05) is 49.6 Å². The van der Waals surface area contributed by atoms with E-state index in [1.54, 1.807) is 24.3 Å². The third-order valence-corrected chi connectivity index (χ3v) is 4.66. The molecule has 0 unspecified atom stereocenters. The predicted molar refractivity (Wildman–Crippen MR) is 95.7 cm³/mol. The van der Waals surface area contributed by atoms with Crippen LogP contribution in [0.3, 0.4) is 0 Å². The van der Waals surface area contributed by atoms with Crippen LogP contribution in [0.15, 0.2) is 40.8 Å². The summed E-state index contributed by atoms with van der Waals surface area (Å²) in [5.74, 6) is 0.0279. The van der Waals surface area contributed by atoms with Gasteiger partial charge in [0.15, 0.2) is 0 Å². The second kappa shape index (κ2) is 6.37. The van der Waals surface area contributed by atoms with E-state index in [2.05, 4.69) is 36.3 Å². The van der Waals surface area contributed by atoms with Crippen molar-refractivity contribution >= 4 is 34.9 Å².